The van der Waals surface area contributed by atoms with Crippen molar-refractivity contribution in [3.05, 3.63) is 35.8 Å². The second-order valence-electron chi connectivity index (χ2n) is 8.01. The van der Waals surface area contributed by atoms with Gasteiger partial charge in [0.2, 0.25) is 11.5 Å². The van der Waals surface area contributed by atoms with E-state index >= 15 is 4.39 Å². The number of rotatable bonds is 5. The molecule has 180 valence electrons. The minimum Gasteiger partial charge on any atom is -0.479 e. The molecular weight excluding hydrogens is 463 g/mol. The molecule has 1 fully saturated rings. The van der Waals surface area contributed by atoms with E-state index in [1.165, 1.54) is 30.2 Å². The number of benzene rings is 1. The van der Waals surface area contributed by atoms with Gasteiger partial charge in [-0.05, 0) is 24.7 Å². The quantitative estimate of drug-likeness (QED) is 0.441. The zero-order chi connectivity index (χ0) is 25.1. The molecule has 9 nitrogen and oxygen atoms in total. The van der Waals surface area contributed by atoms with Crippen LogP contribution in [0.5, 0.6) is 5.88 Å². The average Bonchev–Trinajstić information content (AvgIpc) is 3.39. The third-order valence-corrected chi connectivity index (χ3v) is 5.55. The summed E-state index contributed by atoms with van der Waals surface area (Å²) < 4.78 is 85.2. The van der Waals surface area contributed by atoms with Crippen molar-refractivity contribution in [2.45, 2.75) is 24.9 Å². The monoisotopic (exact) mass is 483 g/mol. The number of alkyl halides is 4. The van der Waals surface area contributed by atoms with E-state index in [1.54, 1.807) is 7.05 Å². The second-order valence-corrected chi connectivity index (χ2v) is 8.01. The number of halogens is 5. The van der Waals surface area contributed by atoms with Crippen molar-refractivity contribution in [3.8, 4) is 17.0 Å². The van der Waals surface area contributed by atoms with Gasteiger partial charge in [0.1, 0.15) is 23.6 Å². The summed E-state index contributed by atoms with van der Waals surface area (Å²) in [6, 6.07) is 3.01. The van der Waals surface area contributed by atoms with Gasteiger partial charge in [-0.1, -0.05) is 11.3 Å². The van der Waals surface area contributed by atoms with Gasteiger partial charge < -0.3 is 4.74 Å². The summed E-state index contributed by atoms with van der Waals surface area (Å²) in [4.78, 5) is 9.54. The zero-order valence-electron chi connectivity index (χ0n) is 18.9. The number of aromatic nitrogens is 6. The molecule has 0 bridgehead atoms. The van der Waals surface area contributed by atoms with E-state index in [-0.39, 0.29) is 40.2 Å². The van der Waals surface area contributed by atoms with Crippen LogP contribution in [-0.4, -0.2) is 80.1 Å². The average molecular weight is 483 g/mol. The lowest BCUT2D eigenvalue weighted by molar-refractivity contribution is 0.000405. The Morgan fingerprint density at radius 2 is 2.18 bits per heavy atom. The molecule has 0 spiro atoms. The summed E-state index contributed by atoms with van der Waals surface area (Å²) >= 11 is 0. The van der Waals surface area contributed by atoms with Gasteiger partial charge in [-0.3, -0.25) is 14.5 Å². The minimum atomic E-state index is -3.09. The molecule has 1 N–H and O–H groups in total. The normalized spacial score (nSPS) is 19.6. The highest BCUT2D eigenvalue weighted by atomic mass is 19.3. The van der Waals surface area contributed by atoms with Crippen molar-refractivity contribution < 1.29 is 28.1 Å². The predicted octanol–water partition coefficient (Wildman–Crippen LogP) is 2.34. The van der Waals surface area contributed by atoms with Gasteiger partial charge in [-0.15, -0.1) is 5.10 Å². The highest BCUT2D eigenvalue weighted by molar-refractivity contribution is 5.89. The van der Waals surface area contributed by atoms with Crippen LogP contribution in [0.4, 0.5) is 22.0 Å². The van der Waals surface area contributed by atoms with Crippen LogP contribution in [0, 0.1) is 5.82 Å². The summed E-state index contributed by atoms with van der Waals surface area (Å²) in [5.74, 6) is -4.21. The Hall–Kier alpha value is -3.55. The third kappa shape index (κ3) is 3.77. The molecule has 0 aliphatic carbocycles. The van der Waals surface area contributed by atoms with E-state index < -0.39 is 43.5 Å². The molecule has 4 heterocycles. The van der Waals surface area contributed by atoms with Crippen LogP contribution in [0.1, 0.15) is 1.37 Å². The number of ether oxygens (including phenoxy) is 1. The molecule has 1 saturated heterocycles. The molecule has 3 aromatic heterocycles. The molecule has 1 aromatic carbocycles. The summed E-state index contributed by atoms with van der Waals surface area (Å²) in [5, 5.41) is 10.1. The van der Waals surface area contributed by atoms with Gasteiger partial charge in [-0.25, -0.2) is 31.6 Å². The largest absolute Gasteiger partial charge is 0.479 e. The molecule has 0 radical (unpaired) electrons. The van der Waals surface area contributed by atoms with E-state index in [1.807, 2.05) is 0 Å². The molecule has 4 aromatic rings. The number of methoxy groups -OCH3 is 1. The lowest BCUT2D eigenvalue weighted by atomic mass is 10.1. The van der Waals surface area contributed by atoms with E-state index in [4.69, 9.17) is 6.11 Å². The summed E-state index contributed by atoms with van der Waals surface area (Å²) in [7, 11) is 2.80. The lowest BCUT2D eigenvalue weighted by Gasteiger charge is -2.13. The smallest absolute Gasteiger partial charge is 0.283 e. The summed E-state index contributed by atoms with van der Waals surface area (Å²) in [5.41, 5.74) is 0.439. The first-order chi connectivity index (χ1) is 16.6. The molecule has 1 atom stereocenters. The number of likely N-dealkylation sites (N-methyl/N-ethyl adjacent to an activating group) is 1. The molecule has 0 saturated carbocycles. The zero-order valence-corrected chi connectivity index (χ0v) is 17.9. The SMILES string of the molecule is [2H]c1c(F)c(-c2ccc3nnn(CC(F)F)c3c2)c2c(OC)nc(=N[C@@H]3CN(C)CC3(F)F)[nH]n12. The fourth-order valence-electron chi connectivity index (χ4n) is 4.08. The van der Waals surface area contributed by atoms with Crippen molar-refractivity contribution in [1.29, 1.82) is 0 Å². The van der Waals surface area contributed by atoms with Crippen LogP contribution < -0.4 is 10.4 Å². The van der Waals surface area contributed by atoms with Crippen molar-refractivity contribution >= 4 is 16.6 Å². The van der Waals surface area contributed by atoms with Gasteiger partial charge in [0.25, 0.3) is 12.3 Å². The minimum absolute atomic E-state index is 0.0106. The molecule has 34 heavy (non-hydrogen) atoms. The number of aromatic amines is 1. The molecule has 1 aliphatic heterocycles. The summed E-state index contributed by atoms with van der Waals surface area (Å²) in [6.45, 7) is -1.18. The lowest BCUT2D eigenvalue weighted by Crippen LogP contribution is -2.33. The van der Waals surface area contributed by atoms with Gasteiger partial charge in [0, 0.05) is 6.54 Å². The second kappa shape index (κ2) is 8.04. The first kappa shape index (κ1) is 21.0. The topological polar surface area (TPSA) is 88.6 Å². The maximum absolute atomic E-state index is 15.3. The maximum atomic E-state index is 15.3. The summed E-state index contributed by atoms with van der Waals surface area (Å²) in [6.07, 6.45) is -3.30. The van der Waals surface area contributed by atoms with Crippen LogP contribution in [0.2, 0.25) is 0 Å². The Bertz CT molecular complexity index is 1500. The highest BCUT2D eigenvalue weighted by Crippen LogP contribution is 2.34. The number of hydrogen-bond acceptors (Lipinski definition) is 6. The van der Waals surface area contributed by atoms with Crippen LogP contribution in [0.25, 0.3) is 27.7 Å². The van der Waals surface area contributed by atoms with E-state index in [9.17, 15) is 17.6 Å². The number of fused-ring (bicyclic) bond motifs is 2. The highest BCUT2D eigenvalue weighted by Gasteiger charge is 2.47. The molecular formula is C20H19F5N8O. The first-order valence-corrected chi connectivity index (χ1v) is 10.2. The van der Waals surface area contributed by atoms with Crippen molar-refractivity contribution in [3.63, 3.8) is 0 Å². The fraction of sp³-hybridized carbons (Fsp3) is 0.400. The van der Waals surface area contributed by atoms with Crippen molar-refractivity contribution in [1.82, 2.24) is 34.5 Å². The van der Waals surface area contributed by atoms with Gasteiger partial charge in [0.15, 0.2) is 5.82 Å². The Morgan fingerprint density at radius 3 is 2.85 bits per heavy atom. The van der Waals surface area contributed by atoms with Gasteiger partial charge >= 0.3 is 0 Å². The maximum Gasteiger partial charge on any atom is 0.283 e. The van der Waals surface area contributed by atoms with Gasteiger partial charge in [0.05, 0.1) is 32.3 Å². The van der Waals surface area contributed by atoms with E-state index in [0.29, 0.717) is 5.52 Å². The van der Waals surface area contributed by atoms with Crippen LogP contribution in [0.15, 0.2) is 29.4 Å². The third-order valence-electron chi connectivity index (χ3n) is 5.55. The number of hydrogen-bond donors (Lipinski definition) is 1. The molecule has 0 unspecified atom stereocenters. The predicted molar refractivity (Wildman–Crippen MR) is 110 cm³/mol. The van der Waals surface area contributed by atoms with Crippen LogP contribution >= 0.6 is 0 Å². The standard InChI is InChI=1S/C20H19F5N8O/c1-31-7-14(20(24,25)9-31)26-19-27-18(34-2)17-16(11(21)6-33(17)29-19)10-3-4-12-13(5-10)32(30-28-12)8-15(22)23/h3-6,14-15H,7-9H2,1-2H3,(H,26,29)/t14-/m1/s1/i6D. The Morgan fingerprint density at radius 1 is 1.38 bits per heavy atom. The van der Waals surface area contributed by atoms with E-state index in [0.717, 1.165) is 9.20 Å². The fourth-order valence-corrected chi connectivity index (χ4v) is 4.08. The number of nitrogens with one attached hydrogen (secondary N) is 1. The molecule has 5 rings (SSSR count). The molecule has 14 heteroatoms. The van der Waals surface area contributed by atoms with Crippen LogP contribution in [-0.2, 0) is 6.54 Å². The Kier molecular flexibility index (Phi) is 4.97. The van der Waals surface area contributed by atoms with Crippen LogP contribution in [0.3, 0.4) is 0 Å². The van der Waals surface area contributed by atoms with Crippen molar-refractivity contribution in [2.75, 3.05) is 27.2 Å². The Balaban J connectivity index is 1.70. The molecule has 0 amide bonds. The van der Waals surface area contributed by atoms with Crippen molar-refractivity contribution in [2.24, 2.45) is 4.99 Å². The first-order valence-electron chi connectivity index (χ1n) is 10.7. The Labute approximate surface area is 189 Å². The van der Waals surface area contributed by atoms with E-state index in [2.05, 4.69) is 25.4 Å². The van der Waals surface area contributed by atoms with Gasteiger partial charge in [-0.2, -0.15) is 4.98 Å². The molecule has 1 aliphatic rings. The number of H-pyrrole nitrogens is 1. The number of nitrogens with zero attached hydrogens (tertiary/aromatic N) is 7. The number of likely N-dealkylation sites (tertiary alicyclic amines) is 1.